The molecule has 0 aliphatic rings. The van der Waals surface area contributed by atoms with E-state index in [9.17, 15) is 0 Å². The van der Waals surface area contributed by atoms with Gasteiger partial charge < -0.3 is 5.73 Å². The molecule has 2 N–H and O–H groups in total. The summed E-state index contributed by atoms with van der Waals surface area (Å²) >= 11 is 0. The smallest absolute Gasteiger partial charge is 0.101 e. The molecule has 0 saturated heterocycles. The molecule has 11 heavy (non-hydrogen) atoms. The first kappa shape index (κ1) is 7.70. The van der Waals surface area contributed by atoms with E-state index in [-0.39, 0.29) is 0 Å². The second kappa shape index (κ2) is 3.13. The molecule has 0 fully saturated rings. The number of aromatic nitrogens is 1. The van der Waals surface area contributed by atoms with Crippen LogP contribution in [0.1, 0.15) is 17.0 Å². The summed E-state index contributed by atoms with van der Waals surface area (Å²) in [6.45, 7) is 2.23. The van der Waals surface area contributed by atoms with Crippen molar-refractivity contribution in [3.63, 3.8) is 0 Å². The monoisotopic (exact) mass is 147 g/mol. The molecule has 0 saturated carbocycles. The number of hydrogen-bond donors (Lipinski definition) is 1. The number of nitriles is 1. The lowest BCUT2D eigenvalue weighted by Gasteiger charge is -1.98. The van der Waals surface area contributed by atoms with Crippen molar-refractivity contribution < 1.29 is 0 Å². The fraction of sp³-hybridized carbons (Fsp3) is 0.250. The van der Waals surface area contributed by atoms with Crippen LogP contribution in [0.3, 0.4) is 0 Å². The van der Waals surface area contributed by atoms with Gasteiger partial charge in [-0.1, -0.05) is 0 Å². The molecule has 1 aromatic heterocycles. The van der Waals surface area contributed by atoms with Gasteiger partial charge in [-0.25, -0.2) is 0 Å². The van der Waals surface area contributed by atoms with E-state index in [1.165, 1.54) is 0 Å². The van der Waals surface area contributed by atoms with Crippen molar-refractivity contribution in [1.29, 1.82) is 5.26 Å². The molecule has 0 spiro atoms. The molecule has 0 aliphatic carbocycles. The lowest BCUT2D eigenvalue weighted by Crippen LogP contribution is -2.01. The lowest BCUT2D eigenvalue weighted by atomic mass is 10.2. The number of nitrogens with zero attached hydrogens (tertiary/aromatic N) is 2. The maximum absolute atomic E-state index is 8.56. The zero-order chi connectivity index (χ0) is 8.27. The lowest BCUT2D eigenvalue weighted by molar-refractivity contribution is 0.966. The summed E-state index contributed by atoms with van der Waals surface area (Å²) in [4.78, 5) is 4.11. The van der Waals surface area contributed by atoms with Gasteiger partial charge in [-0.15, -0.1) is 0 Å². The summed E-state index contributed by atoms with van der Waals surface area (Å²) in [6, 6.07) is 5.55. The number of nitrogens with two attached hydrogens (primary N) is 1. The summed E-state index contributed by atoms with van der Waals surface area (Å²) in [5.74, 6) is 0. The molecule has 0 amide bonds. The maximum atomic E-state index is 8.56. The zero-order valence-corrected chi connectivity index (χ0v) is 6.33. The van der Waals surface area contributed by atoms with Crippen LogP contribution in [0.4, 0.5) is 0 Å². The van der Waals surface area contributed by atoms with E-state index in [1.54, 1.807) is 19.1 Å². The molecule has 3 nitrogen and oxygen atoms in total. The van der Waals surface area contributed by atoms with Gasteiger partial charge in [0.1, 0.15) is 6.07 Å². The molecule has 1 rings (SSSR count). The van der Waals surface area contributed by atoms with Crippen LogP contribution in [-0.4, -0.2) is 4.98 Å². The Balaban J connectivity index is 3.12. The first-order valence-corrected chi connectivity index (χ1v) is 3.34. The van der Waals surface area contributed by atoms with Crippen LogP contribution < -0.4 is 5.73 Å². The standard InChI is InChI=1S/C8H9N3/c1-6-7(4-9)2-3-8(5-10)11-6/h2-3H,5,10H2,1H3. The second-order valence-corrected chi connectivity index (χ2v) is 2.25. The van der Waals surface area contributed by atoms with Crippen molar-refractivity contribution in [3.05, 3.63) is 29.1 Å². The Kier molecular flexibility index (Phi) is 2.19. The Bertz CT molecular complexity index is 299. The normalized spacial score (nSPS) is 9.18. The molecule has 0 aromatic carbocycles. The van der Waals surface area contributed by atoms with Gasteiger partial charge in [-0.05, 0) is 19.1 Å². The highest BCUT2D eigenvalue weighted by molar-refractivity contribution is 5.33. The highest BCUT2D eigenvalue weighted by Crippen LogP contribution is 2.04. The van der Waals surface area contributed by atoms with Crippen molar-refractivity contribution >= 4 is 0 Å². The molecule has 0 unspecified atom stereocenters. The third kappa shape index (κ3) is 1.54. The molecule has 0 radical (unpaired) electrons. The Morgan fingerprint density at radius 3 is 2.82 bits per heavy atom. The molecule has 0 bridgehead atoms. The van der Waals surface area contributed by atoms with Gasteiger partial charge >= 0.3 is 0 Å². The van der Waals surface area contributed by atoms with E-state index in [1.807, 2.05) is 6.07 Å². The van der Waals surface area contributed by atoms with Crippen molar-refractivity contribution in [1.82, 2.24) is 4.98 Å². The first-order valence-electron chi connectivity index (χ1n) is 3.34. The van der Waals surface area contributed by atoms with E-state index in [4.69, 9.17) is 11.0 Å². The Hall–Kier alpha value is -1.40. The average Bonchev–Trinajstić information content (AvgIpc) is 2.04. The molecule has 1 heterocycles. The fourth-order valence-corrected chi connectivity index (χ4v) is 0.845. The van der Waals surface area contributed by atoms with Gasteiger partial charge in [0.15, 0.2) is 0 Å². The third-order valence-electron chi connectivity index (χ3n) is 1.47. The summed E-state index contributed by atoms with van der Waals surface area (Å²) in [5, 5.41) is 8.56. The van der Waals surface area contributed by atoms with Gasteiger partial charge in [0.05, 0.1) is 17.0 Å². The maximum Gasteiger partial charge on any atom is 0.101 e. The molecule has 56 valence electrons. The van der Waals surface area contributed by atoms with E-state index >= 15 is 0 Å². The number of aryl methyl sites for hydroxylation is 1. The van der Waals surface area contributed by atoms with Crippen molar-refractivity contribution in [2.45, 2.75) is 13.5 Å². The molecule has 0 atom stereocenters. The minimum absolute atomic E-state index is 0.423. The number of rotatable bonds is 1. The summed E-state index contributed by atoms with van der Waals surface area (Å²) in [5.41, 5.74) is 7.54. The SMILES string of the molecule is Cc1nc(CN)ccc1C#N. The highest BCUT2D eigenvalue weighted by Gasteiger charge is 1.97. The predicted octanol–water partition coefficient (Wildman–Crippen LogP) is 0.720. The number of pyridine rings is 1. The minimum Gasteiger partial charge on any atom is -0.325 e. The third-order valence-corrected chi connectivity index (χ3v) is 1.47. The van der Waals surface area contributed by atoms with Crippen LogP contribution in [0.25, 0.3) is 0 Å². The summed E-state index contributed by atoms with van der Waals surface area (Å²) in [7, 11) is 0. The average molecular weight is 147 g/mol. The highest BCUT2D eigenvalue weighted by atomic mass is 14.7. The van der Waals surface area contributed by atoms with Gasteiger partial charge in [0, 0.05) is 6.54 Å². The van der Waals surface area contributed by atoms with Gasteiger partial charge in [-0.2, -0.15) is 5.26 Å². The van der Waals surface area contributed by atoms with Crippen molar-refractivity contribution in [3.8, 4) is 6.07 Å². The fourth-order valence-electron chi connectivity index (χ4n) is 0.845. The van der Waals surface area contributed by atoms with Crippen molar-refractivity contribution in [2.24, 2.45) is 5.73 Å². The van der Waals surface area contributed by atoms with E-state index in [0.29, 0.717) is 12.1 Å². The molecule has 3 heteroatoms. The van der Waals surface area contributed by atoms with Crippen LogP contribution in [0.15, 0.2) is 12.1 Å². The minimum atomic E-state index is 0.423. The Labute approximate surface area is 65.5 Å². The molecule has 1 aromatic rings. The Morgan fingerprint density at radius 1 is 1.64 bits per heavy atom. The van der Waals surface area contributed by atoms with Crippen LogP contribution in [0.2, 0.25) is 0 Å². The van der Waals surface area contributed by atoms with Gasteiger partial charge in [-0.3, -0.25) is 4.98 Å². The van der Waals surface area contributed by atoms with E-state index in [0.717, 1.165) is 11.4 Å². The Morgan fingerprint density at radius 2 is 2.36 bits per heavy atom. The summed E-state index contributed by atoms with van der Waals surface area (Å²) < 4.78 is 0. The van der Waals surface area contributed by atoms with Crippen LogP contribution in [-0.2, 0) is 6.54 Å². The van der Waals surface area contributed by atoms with E-state index < -0.39 is 0 Å². The predicted molar refractivity (Wildman–Crippen MR) is 41.6 cm³/mol. The van der Waals surface area contributed by atoms with E-state index in [2.05, 4.69) is 4.98 Å². The van der Waals surface area contributed by atoms with Gasteiger partial charge in [0.25, 0.3) is 0 Å². The van der Waals surface area contributed by atoms with Crippen LogP contribution in [0, 0.1) is 18.3 Å². The molecule has 0 aliphatic heterocycles. The molecular weight excluding hydrogens is 138 g/mol. The first-order chi connectivity index (χ1) is 5.27. The van der Waals surface area contributed by atoms with Crippen molar-refractivity contribution in [2.75, 3.05) is 0 Å². The zero-order valence-electron chi connectivity index (χ0n) is 6.33. The van der Waals surface area contributed by atoms with Gasteiger partial charge in [0.2, 0.25) is 0 Å². The largest absolute Gasteiger partial charge is 0.325 e. The van der Waals surface area contributed by atoms with Crippen LogP contribution >= 0.6 is 0 Å². The number of hydrogen-bond acceptors (Lipinski definition) is 3. The summed E-state index contributed by atoms with van der Waals surface area (Å²) in [6.07, 6.45) is 0. The topological polar surface area (TPSA) is 62.7 Å². The molecular formula is C8H9N3. The second-order valence-electron chi connectivity index (χ2n) is 2.25. The quantitative estimate of drug-likeness (QED) is 0.636. The van der Waals surface area contributed by atoms with Crippen LogP contribution in [0.5, 0.6) is 0 Å².